The Morgan fingerprint density at radius 3 is 2.44 bits per heavy atom. The number of nitrogens with one attached hydrogen (secondary N) is 4. The zero-order valence-corrected chi connectivity index (χ0v) is 34.1. The quantitative estimate of drug-likeness (QED) is 0.147. The Kier molecular flexibility index (Phi) is 14.1. The average Bonchev–Trinajstić information content (AvgIpc) is 4.06. The van der Waals surface area contributed by atoms with Gasteiger partial charge in [0.1, 0.15) is 23.7 Å². The zero-order chi connectivity index (χ0) is 40.5. The van der Waals surface area contributed by atoms with Gasteiger partial charge < -0.3 is 40.2 Å². The van der Waals surface area contributed by atoms with Crippen LogP contribution in [0.4, 0.5) is 9.59 Å². The number of aliphatic imine (C=N–C) groups is 1. The second-order valence-electron chi connectivity index (χ2n) is 16.1. The first-order valence-electron chi connectivity index (χ1n) is 20.7. The van der Waals surface area contributed by atoms with Gasteiger partial charge >= 0.3 is 12.2 Å². The number of ether oxygens (including phenoxy) is 2. The summed E-state index contributed by atoms with van der Waals surface area (Å²) in [5.74, 6) is 1.62. The molecule has 1 saturated heterocycles. The van der Waals surface area contributed by atoms with E-state index < -0.39 is 24.3 Å². The van der Waals surface area contributed by atoms with Crippen LogP contribution in [-0.4, -0.2) is 101 Å². The number of benzene rings is 1. The van der Waals surface area contributed by atoms with Gasteiger partial charge in [0.2, 0.25) is 5.91 Å². The molecule has 2 aliphatic carbocycles. The van der Waals surface area contributed by atoms with Crippen molar-refractivity contribution in [1.82, 2.24) is 35.7 Å². The van der Waals surface area contributed by atoms with E-state index in [-0.39, 0.29) is 35.9 Å². The number of allylic oxidation sites excluding steroid dienone is 3. The summed E-state index contributed by atoms with van der Waals surface area (Å²) in [6.45, 7) is 7.40. The number of aromatic nitrogens is 2. The third-order valence-electron chi connectivity index (χ3n) is 11.8. The van der Waals surface area contributed by atoms with Crippen LogP contribution in [0.5, 0.6) is 0 Å². The number of carbonyl (C=O) groups excluding carboxylic acids is 4. The Bertz CT molecular complexity index is 1820. The molecule has 4 N–H and O–H groups in total. The molecule has 2 aromatic rings. The van der Waals surface area contributed by atoms with E-state index in [1.165, 1.54) is 25.4 Å². The van der Waals surface area contributed by atoms with Gasteiger partial charge in [-0.15, -0.1) is 0 Å². The smallest absolute Gasteiger partial charge is 0.407 e. The lowest BCUT2D eigenvalue weighted by atomic mass is 9.91. The molecule has 14 heteroatoms. The summed E-state index contributed by atoms with van der Waals surface area (Å²) in [5.41, 5.74) is 4.57. The second kappa shape index (κ2) is 19.3. The normalized spacial score (nSPS) is 22.2. The molecule has 57 heavy (non-hydrogen) atoms. The Hall–Kier alpha value is -5.14. The van der Waals surface area contributed by atoms with Crippen molar-refractivity contribution in [2.45, 2.75) is 122 Å². The van der Waals surface area contributed by atoms with Gasteiger partial charge in [0, 0.05) is 24.5 Å². The van der Waals surface area contributed by atoms with Crippen molar-refractivity contribution < 1.29 is 28.7 Å². The van der Waals surface area contributed by atoms with Gasteiger partial charge in [0.05, 0.1) is 39.4 Å². The van der Waals surface area contributed by atoms with Crippen LogP contribution in [0.3, 0.4) is 0 Å². The molecule has 2 bridgehead atoms. The van der Waals surface area contributed by atoms with Crippen molar-refractivity contribution in [2.75, 3.05) is 27.3 Å². The third-order valence-corrected chi connectivity index (χ3v) is 11.8. The molecule has 0 radical (unpaired) electrons. The first-order chi connectivity index (χ1) is 27.6. The molecule has 2 aliphatic heterocycles. The van der Waals surface area contributed by atoms with Crippen molar-refractivity contribution in [3.63, 3.8) is 0 Å². The van der Waals surface area contributed by atoms with Gasteiger partial charge in [0.15, 0.2) is 0 Å². The monoisotopic (exact) mass is 784 g/mol. The number of likely N-dealkylation sites (tertiary alicyclic amines) is 1. The predicted octanol–water partition coefficient (Wildman–Crippen LogP) is 5.74. The maximum absolute atomic E-state index is 14.2. The van der Waals surface area contributed by atoms with Gasteiger partial charge in [-0.1, -0.05) is 68.8 Å². The molecule has 1 aromatic heterocycles. The Morgan fingerprint density at radius 1 is 0.982 bits per heavy atom. The summed E-state index contributed by atoms with van der Waals surface area (Å²) in [7, 11) is 2.60. The first kappa shape index (κ1) is 41.5. The van der Waals surface area contributed by atoms with Gasteiger partial charge in [0.25, 0.3) is 5.91 Å². The standard InChI is InChI=1S/C43H60N8O6/c1-6-22-50(40(52)36(27(2)3)48-42(54)56-4)26-35-44-24-32(46-35)15-11-10-12-28-16-18-29(19-17-28)34-25-45-39(47-34)38-31-20-21-33(23-31)51(38)41(53)37(49-43(55)57-5)30-13-8-7-9-14-30/h7-9,13-14,16,18,24,27,31,33-34,36-38H,6,10-12,15,17,19-23,25-26H2,1-5H3,(H,44,46)(H,45,47)(H,48,54)(H,49,55). The molecule has 3 heterocycles. The number of methoxy groups -OCH3 is 2. The van der Waals surface area contributed by atoms with Gasteiger partial charge in [-0.05, 0) is 87.2 Å². The summed E-state index contributed by atoms with van der Waals surface area (Å²) in [5, 5.41) is 9.20. The van der Waals surface area contributed by atoms with Crippen LogP contribution in [-0.2, 0) is 32.0 Å². The fourth-order valence-corrected chi connectivity index (χ4v) is 8.85. The van der Waals surface area contributed by atoms with Crippen LogP contribution in [0.15, 0.2) is 64.8 Å². The van der Waals surface area contributed by atoms with E-state index >= 15 is 0 Å². The molecule has 4 aliphatic rings. The van der Waals surface area contributed by atoms with Gasteiger partial charge in [-0.3, -0.25) is 14.6 Å². The summed E-state index contributed by atoms with van der Waals surface area (Å²) >= 11 is 0. The molecule has 4 amide bonds. The molecular formula is C43H60N8O6. The lowest BCUT2D eigenvalue weighted by Gasteiger charge is -2.38. The molecule has 0 spiro atoms. The molecule has 2 fully saturated rings. The fourth-order valence-electron chi connectivity index (χ4n) is 8.85. The number of aromatic amines is 1. The van der Waals surface area contributed by atoms with Crippen LogP contribution < -0.4 is 16.0 Å². The highest BCUT2D eigenvalue weighted by molar-refractivity contribution is 5.96. The average molecular weight is 785 g/mol. The summed E-state index contributed by atoms with van der Waals surface area (Å²) in [6, 6.07) is 7.98. The van der Waals surface area contributed by atoms with Gasteiger partial charge in [-0.25, -0.2) is 14.6 Å². The number of imidazole rings is 1. The molecule has 308 valence electrons. The molecule has 6 atom stereocenters. The van der Waals surface area contributed by atoms with Crippen LogP contribution >= 0.6 is 0 Å². The molecule has 1 saturated carbocycles. The van der Waals surface area contributed by atoms with E-state index in [1.54, 1.807) is 4.90 Å². The number of hydrogen-bond acceptors (Lipinski definition) is 9. The minimum absolute atomic E-state index is 0.0912. The van der Waals surface area contributed by atoms with E-state index in [0.29, 0.717) is 25.6 Å². The topological polar surface area (TPSA) is 170 Å². The number of nitrogens with zero attached hydrogens (tertiary/aromatic N) is 4. The van der Waals surface area contributed by atoms with Crippen molar-refractivity contribution in [3.05, 3.63) is 76.9 Å². The van der Waals surface area contributed by atoms with Crippen molar-refractivity contribution in [2.24, 2.45) is 16.8 Å². The number of rotatable bonds is 17. The SMILES string of the molecule is CCCN(Cc1ncc(CCCCC2=CC=C(C3CN=C(C4C5CCC(C5)N4C(=O)C(NC(=O)OC)c4ccccc4)N3)CC2)[nH]1)C(=O)C(NC(=O)OC)C(C)C. The highest BCUT2D eigenvalue weighted by atomic mass is 16.5. The summed E-state index contributed by atoms with van der Waals surface area (Å²) in [6.07, 6.45) is 14.9. The fraction of sp³-hybridized carbons (Fsp3) is 0.581. The molecule has 1 aromatic carbocycles. The molecule has 6 unspecified atom stereocenters. The Balaban J connectivity index is 0.985. The lowest BCUT2D eigenvalue weighted by Crippen LogP contribution is -2.55. The molecular weight excluding hydrogens is 725 g/mol. The molecule has 14 nitrogen and oxygen atoms in total. The zero-order valence-electron chi connectivity index (χ0n) is 34.1. The largest absolute Gasteiger partial charge is 0.453 e. The number of hydrogen-bond donors (Lipinski definition) is 4. The highest BCUT2D eigenvalue weighted by Crippen LogP contribution is 2.44. The number of alkyl carbamates (subject to hydrolysis) is 2. The number of unbranched alkanes of at least 4 members (excludes halogenated alkanes) is 1. The third kappa shape index (κ3) is 10.1. The number of fused-ring (bicyclic) bond motifs is 2. The van der Waals surface area contributed by atoms with Crippen LogP contribution in [0.25, 0.3) is 0 Å². The second-order valence-corrected chi connectivity index (χ2v) is 16.1. The molecule has 6 rings (SSSR count). The summed E-state index contributed by atoms with van der Waals surface area (Å²) in [4.78, 5) is 68.6. The maximum atomic E-state index is 14.2. The minimum Gasteiger partial charge on any atom is -0.453 e. The number of amides is 4. The van der Waals surface area contributed by atoms with E-state index in [1.807, 2.05) is 62.2 Å². The summed E-state index contributed by atoms with van der Waals surface area (Å²) < 4.78 is 9.63. The van der Waals surface area contributed by atoms with Crippen molar-refractivity contribution in [1.29, 1.82) is 0 Å². The number of aryl methyl sites for hydroxylation is 1. The number of amidine groups is 1. The maximum Gasteiger partial charge on any atom is 0.407 e. The van der Waals surface area contributed by atoms with E-state index in [4.69, 9.17) is 14.5 Å². The highest BCUT2D eigenvalue weighted by Gasteiger charge is 2.52. The van der Waals surface area contributed by atoms with Gasteiger partial charge in [-0.2, -0.15) is 0 Å². The van der Waals surface area contributed by atoms with E-state index in [9.17, 15) is 19.2 Å². The van der Waals surface area contributed by atoms with Crippen LogP contribution in [0.2, 0.25) is 0 Å². The number of piperidine rings is 1. The first-order valence-corrected chi connectivity index (χ1v) is 20.7. The number of carbonyl (C=O) groups is 4. The minimum atomic E-state index is -0.833. The Labute approximate surface area is 336 Å². The Morgan fingerprint density at radius 2 is 1.74 bits per heavy atom. The number of H-pyrrole nitrogens is 1. The van der Waals surface area contributed by atoms with E-state index in [0.717, 1.165) is 87.1 Å². The lowest BCUT2D eigenvalue weighted by molar-refractivity contribution is -0.136. The van der Waals surface area contributed by atoms with Crippen molar-refractivity contribution >= 4 is 29.8 Å². The van der Waals surface area contributed by atoms with Crippen molar-refractivity contribution in [3.8, 4) is 0 Å². The van der Waals surface area contributed by atoms with Crippen LogP contribution in [0.1, 0.15) is 102 Å². The predicted molar refractivity (Wildman–Crippen MR) is 217 cm³/mol. The van der Waals surface area contributed by atoms with E-state index in [2.05, 4.69) is 38.1 Å². The van der Waals surface area contributed by atoms with Crippen LogP contribution in [0, 0.1) is 11.8 Å².